The number of ether oxygens (including phenoxy) is 1. The van der Waals surface area contributed by atoms with Crippen molar-refractivity contribution in [2.24, 2.45) is 17.8 Å². The highest BCUT2D eigenvalue weighted by Gasteiger charge is 2.41. The van der Waals surface area contributed by atoms with Gasteiger partial charge in [-0.25, -0.2) is 4.98 Å². The molecule has 4 unspecified atom stereocenters. The monoisotopic (exact) mass is 542 g/mol. The molecule has 2 aromatic heterocycles. The topological polar surface area (TPSA) is 75.5 Å². The molecule has 8 heteroatoms. The van der Waals surface area contributed by atoms with Crippen molar-refractivity contribution in [2.45, 2.75) is 57.4 Å². The zero-order chi connectivity index (χ0) is 26.9. The second kappa shape index (κ2) is 11.5. The van der Waals surface area contributed by atoms with Crippen molar-refractivity contribution in [1.82, 2.24) is 19.4 Å². The smallest absolute Gasteiger partial charge is 0.252 e. The van der Waals surface area contributed by atoms with Crippen LogP contribution in [0.2, 0.25) is 0 Å². The Balaban J connectivity index is 0.999. The van der Waals surface area contributed by atoms with Crippen LogP contribution in [-0.4, -0.2) is 65.4 Å². The number of nitrogens with zero attached hydrogens (tertiary/aromatic N) is 5. The summed E-state index contributed by atoms with van der Waals surface area (Å²) < 4.78 is 7.44. The van der Waals surface area contributed by atoms with E-state index in [0.29, 0.717) is 11.9 Å². The maximum absolute atomic E-state index is 13.0. The molecular formula is C32H42N6O2. The maximum atomic E-state index is 13.0. The van der Waals surface area contributed by atoms with E-state index < -0.39 is 0 Å². The van der Waals surface area contributed by atoms with Gasteiger partial charge in [0.15, 0.2) is 0 Å². The van der Waals surface area contributed by atoms with E-state index in [1.54, 1.807) is 6.07 Å². The summed E-state index contributed by atoms with van der Waals surface area (Å²) in [5, 5.41) is 4.32. The molecule has 2 aliphatic carbocycles. The van der Waals surface area contributed by atoms with Crippen LogP contribution in [-0.2, 0) is 4.74 Å². The third kappa shape index (κ3) is 5.48. The number of aromatic nitrogens is 3. The minimum absolute atomic E-state index is 0.0555. The van der Waals surface area contributed by atoms with Crippen molar-refractivity contribution in [3.05, 3.63) is 52.9 Å². The highest BCUT2D eigenvalue weighted by molar-refractivity contribution is 5.76. The van der Waals surface area contributed by atoms with E-state index in [-0.39, 0.29) is 11.6 Å². The van der Waals surface area contributed by atoms with Crippen LogP contribution >= 0.6 is 0 Å². The molecule has 4 atom stereocenters. The number of morpholine rings is 1. The van der Waals surface area contributed by atoms with Crippen LogP contribution in [0.25, 0.3) is 11.0 Å². The van der Waals surface area contributed by atoms with E-state index in [2.05, 4.69) is 44.4 Å². The quantitative estimate of drug-likeness (QED) is 0.418. The molecule has 4 aliphatic rings. The first-order valence-corrected chi connectivity index (χ1v) is 15.5. The molecule has 2 saturated carbocycles. The third-order valence-electron chi connectivity index (χ3n) is 9.90. The van der Waals surface area contributed by atoms with Gasteiger partial charge in [-0.05, 0) is 99.6 Å². The van der Waals surface area contributed by atoms with Crippen LogP contribution < -0.4 is 15.8 Å². The summed E-state index contributed by atoms with van der Waals surface area (Å²) in [6, 6.07) is 12.5. The molecule has 0 amide bonds. The van der Waals surface area contributed by atoms with Crippen molar-refractivity contribution in [3.63, 3.8) is 0 Å². The van der Waals surface area contributed by atoms with E-state index in [0.717, 1.165) is 74.4 Å². The van der Waals surface area contributed by atoms with E-state index in [9.17, 15) is 4.79 Å². The number of fused-ring (bicyclic) bond motifs is 3. The molecule has 40 heavy (non-hydrogen) atoms. The lowest BCUT2D eigenvalue weighted by Crippen LogP contribution is -2.38. The average molecular weight is 543 g/mol. The third-order valence-corrected chi connectivity index (χ3v) is 9.90. The van der Waals surface area contributed by atoms with Crippen LogP contribution in [0.4, 0.5) is 17.3 Å². The Labute approximate surface area is 236 Å². The van der Waals surface area contributed by atoms with Gasteiger partial charge in [0.2, 0.25) is 5.95 Å². The number of hydrogen-bond donors (Lipinski definition) is 1. The molecule has 212 valence electrons. The normalized spacial score (nSPS) is 26.9. The van der Waals surface area contributed by atoms with Crippen LogP contribution in [0.15, 0.2) is 47.4 Å². The second-order valence-electron chi connectivity index (χ2n) is 12.5. The van der Waals surface area contributed by atoms with Gasteiger partial charge in [-0.1, -0.05) is 6.42 Å². The molecule has 4 heterocycles. The van der Waals surface area contributed by atoms with Crippen molar-refractivity contribution in [3.8, 4) is 0 Å². The first-order chi connectivity index (χ1) is 19.7. The number of hydrogen-bond acceptors (Lipinski definition) is 7. The van der Waals surface area contributed by atoms with Gasteiger partial charge < -0.3 is 15.0 Å². The molecule has 1 N–H and O–H groups in total. The summed E-state index contributed by atoms with van der Waals surface area (Å²) in [6.45, 7) is 7.42. The standard InChI is InChI=1S/C32H42N6O2/c39-30-12-7-26-21-33-32(35-31(26)38(30)29-20-24-5-6-25(29)19-24)34-27-8-10-28(11-9-27)37-14-2-4-23(22-37)3-1-13-36-15-17-40-18-16-36/h7-12,21,23-25,29H,1-6,13-20,22H2,(H,33,34,35). The molecular weight excluding hydrogens is 500 g/mol. The Morgan fingerprint density at radius 3 is 2.65 bits per heavy atom. The van der Waals surface area contributed by atoms with Gasteiger partial charge in [0, 0.05) is 61.2 Å². The summed E-state index contributed by atoms with van der Waals surface area (Å²) >= 11 is 0. The van der Waals surface area contributed by atoms with Gasteiger partial charge in [0.1, 0.15) is 5.65 Å². The van der Waals surface area contributed by atoms with Gasteiger partial charge in [-0.15, -0.1) is 0 Å². The summed E-state index contributed by atoms with van der Waals surface area (Å²) in [4.78, 5) is 27.5. The molecule has 2 saturated heterocycles. The Morgan fingerprint density at radius 1 is 0.975 bits per heavy atom. The molecule has 7 rings (SSSR count). The molecule has 1 aromatic carbocycles. The molecule has 2 aliphatic heterocycles. The van der Waals surface area contributed by atoms with Crippen molar-refractivity contribution >= 4 is 28.4 Å². The predicted octanol–water partition coefficient (Wildman–Crippen LogP) is 5.23. The van der Waals surface area contributed by atoms with Crippen LogP contribution in [0, 0.1) is 17.8 Å². The van der Waals surface area contributed by atoms with Crippen molar-refractivity contribution in [2.75, 3.05) is 56.2 Å². The maximum Gasteiger partial charge on any atom is 0.252 e. The molecule has 8 nitrogen and oxygen atoms in total. The number of rotatable bonds is 8. The Hall–Kier alpha value is -2.97. The number of pyridine rings is 1. The number of piperidine rings is 1. The molecule has 0 spiro atoms. The summed E-state index contributed by atoms with van der Waals surface area (Å²) in [6.07, 6.45) is 11.9. The van der Waals surface area contributed by atoms with Gasteiger partial charge in [-0.2, -0.15) is 4.98 Å². The minimum atomic E-state index is 0.0555. The zero-order valence-electron chi connectivity index (χ0n) is 23.5. The molecule has 0 radical (unpaired) electrons. The minimum Gasteiger partial charge on any atom is -0.379 e. The Bertz CT molecular complexity index is 1370. The Kier molecular flexibility index (Phi) is 7.46. The van der Waals surface area contributed by atoms with Gasteiger partial charge in [0.05, 0.1) is 13.2 Å². The summed E-state index contributed by atoms with van der Waals surface area (Å²) in [7, 11) is 0. The van der Waals surface area contributed by atoms with Crippen molar-refractivity contribution in [1.29, 1.82) is 0 Å². The number of anilines is 3. The lowest BCUT2D eigenvalue weighted by Gasteiger charge is -2.35. The largest absolute Gasteiger partial charge is 0.379 e. The predicted molar refractivity (Wildman–Crippen MR) is 159 cm³/mol. The van der Waals surface area contributed by atoms with Crippen LogP contribution in [0.1, 0.15) is 57.4 Å². The zero-order valence-corrected chi connectivity index (χ0v) is 23.5. The Morgan fingerprint density at radius 2 is 1.85 bits per heavy atom. The van der Waals surface area contributed by atoms with E-state index in [1.807, 2.05) is 16.8 Å². The van der Waals surface area contributed by atoms with E-state index >= 15 is 0 Å². The fourth-order valence-corrected chi connectivity index (χ4v) is 7.79. The SMILES string of the molecule is O=c1ccc2cnc(Nc3ccc(N4CCCC(CCCN5CCOCC5)C4)cc3)nc2n1C1CC2CCC1C2. The summed E-state index contributed by atoms with van der Waals surface area (Å²) in [5.41, 5.74) is 3.06. The molecule has 4 fully saturated rings. The van der Waals surface area contributed by atoms with E-state index in [1.165, 1.54) is 57.2 Å². The van der Waals surface area contributed by atoms with E-state index in [4.69, 9.17) is 9.72 Å². The van der Waals surface area contributed by atoms with Gasteiger partial charge >= 0.3 is 0 Å². The van der Waals surface area contributed by atoms with Crippen LogP contribution in [0.5, 0.6) is 0 Å². The second-order valence-corrected chi connectivity index (χ2v) is 12.5. The lowest BCUT2D eigenvalue weighted by atomic mass is 9.93. The molecule has 2 bridgehead atoms. The highest BCUT2D eigenvalue weighted by Crippen LogP contribution is 2.50. The fraction of sp³-hybridized carbons (Fsp3) is 0.594. The van der Waals surface area contributed by atoms with Gasteiger partial charge in [-0.3, -0.25) is 14.3 Å². The first kappa shape index (κ1) is 26.0. The van der Waals surface area contributed by atoms with Gasteiger partial charge in [0.25, 0.3) is 5.56 Å². The fourth-order valence-electron chi connectivity index (χ4n) is 7.79. The number of benzene rings is 1. The molecule has 3 aromatic rings. The lowest BCUT2D eigenvalue weighted by molar-refractivity contribution is 0.0366. The highest BCUT2D eigenvalue weighted by atomic mass is 16.5. The van der Waals surface area contributed by atoms with Crippen molar-refractivity contribution < 1.29 is 4.74 Å². The average Bonchev–Trinajstić information content (AvgIpc) is 3.62. The number of nitrogens with one attached hydrogen (secondary N) is 1. The van der Waals surface area contributed by atoms with Crippen LogP contribution in [0.3, 0.4) is 0 Å². The summed E-state index contributed by atoms with van der Waals surface area (Å²) in [5.74, 6) is 2.68. The first-order valence-electron chi connectivity index (χ1n) is 15.5.